The van der Waals surface area contributed by atoms with Gasteiger partial charge in [0.05, 0.1) is 10.8 Å². The molecule has 0 aromatic carbocycles. The average Bonchev–Trinajstić information content (AvgIpc) is 2.61. The van der Waals surface area contributed by atoms with Crippen LogP contribution in [0.15, 0.2) is 5.03 Å². The van der Waals surface area contributed by atoms with Crippen LogP contribution in [0.25, 0.3) is 0 Å². The zero-order chi connectivity index (χ0) is 12.6. The summed E-state index contributed by atoms with van der Waals surface area (Å²) in [6, 6.07) is -0.349. The van der Waals surface area contributed by atoms with Crippen molar-refractivity contribution in [3.8, 4) is 12.3 Å². The third kappa shape index (κ3) is 1.79. The van der Waals surface area contributed by atoms with Gasteiger partial charge in [-0.2, -0.15) is 0 Å². The van der Waals surface area contributed by atoms with Crippen molar-refractivity contribution in [1.29, 1.82) is 0 Å². The summed E-state index contributed by atoms with van der Waals surface area (Å²) in [5, 5.41) is 1.56. The number of rotatable bonds is 2. The first-order valence-electron chi connectivity index (χ1n) is 4.76. The zero-order valence-electron chi connectivity index (χ0n) is 9.35. The van der Waals surface area contributed by atoms with E-state index in [2.05, 4.69) is 21.9 Å². The van der Waals surface area contributed by atoms with Gasteiger partial charge < -0.3 is 0 Å². The molecule has 1 unspecified atom stereocenters. The number of imidazole rings is 1. The Morgan fingerprint density at radius 2 is 2.29 bits per heavy atom. The fourth-order valence-corrected chi connectivity index (χ4v) is 2.21. The van der Waals surface area contributed by atoms with Crippen molar-refractivity contribution in [2.45, 2.75) is 11.9 Å². The van der Waals surface area contributed by atoms with Gasteiger partial charge in [0.25, 0.3) is 0 Å². The highest BCUT2D eigenvalue weighted by Crippen LogP contribution is 2.22. The molecule has 1 aliphatic heterocycles. The van der Waals surface area contributed by atoms with Crippen molar-refractivity contribution in [1.82, 2.24) is 20.1 Å². The van der Waals surface area contributed by atoms with Crippen molar-refractivity contribution < 1.29 is 9.00 Å². The molecule has 1 aromatic heterocycles. The molecule has 1 atom stereocenters. The van der Waals surface area contributed by atoms with Crippen molar-refractivity contribution in [2.75, 3.05) is 18.2 Å². The second-order valence-electron chi connectivity index (χ2n) is 3.41. The van der Waals surface area contributed by atoms with Crippen molar-refractivity contribution >= 4 is 22.6 Å². The highest BCUT2D eigenvalue weighted by atomic mass is 32.2. The number of fused-ring (bicyclic) bond motifs is 1. The summed E-state index contributed by atoms with van der Waals surface area (Å²) >= 11 is 0. The molecule has 0 saturated heterocycles. The molecule has 0 saturated carbocycles. The van der Waals surface area contributed by atoms with Gasteiger partial charge in [-0.1, -0.05) is 5.92 Å². The van der Waals surface area contributed by atoms with Crippen LogP contribution in [0.3, 0.4) is 0 Å². The highest BCUT2D eigenvalue weighted by molar-refractivity contribution is 7.84. The summed E-state index contributed by atoms with van der Waals surface area (Å²) in [4.78, 5) is 16.1. The summed E-state index contributed by atoms with van der Waals surface area (Å²) in [6.07, 6.45) is 6.65. The minimum atomic E-state index is -1.27. The molecular formula is C9H11N5O2S. The normalized spacial score (nSPS) is 16.1. The Labute approximate surface area is 101 Å². The van der Waals surface area contributed by atoms with Crippen molar-refractivity contribution in [3.63, 3.8) is 0 Å². The van der Waals surface area contributed by atoms with Gasteiger partial charge in [-0.25, -0.2) is 19.4 Å². The number of carbonyl (C=O) groups is 1. The number of hydrogen-bond acceptors (Lipinski definition) is 5. The van der Waals surface area contributed by atoms with E-state index in [1.165, 1.54) is 15.8 Å². The second kappa shape index (κ2) is 4.20. The number of terminal acetylenes is 1. The number of anilines is 1. The second-order valence-corrected chi connectivity index (χ2v) is 4.71. The molecule has 2 N–H and O–H groups in total. The molecule has 90 valence electrons. The van der Waals surface area contributed by atoms with E-state index in [1.807, 2.05) is 0 Å². The lowest BCUT2D eigenvalue weighted by molar-refractivity contribution is 0.181. The Kier molecular flexibility index (Phi) is 2.87. The van der Waals surface area contributed by atoms with E-state index in [-0.39, 0.29) is 12.6 Å². The maximum Gasteiger partial charge on any atom is 0.348 e. The summed E-state index contributed by atoms with van der Waals surface area (Å²) < 4.78 is 12.8. The minimum absolute atomic E-state index is 0.118. The SMILES string of the molecule is C#CCN1NNc2c(S(C)=O)nc(C)n2C1=O. The Hall–Kier alpha value is -1.85. The van der Waals surface area contributed by atoms with Gasteiger partial charge in [0, 0.05) is 6.26 Å². The minimum Gasteiger partial charge on any atom is -0.286 e. The predicted molar refractivity (Wildman–Crippen MR) is 62.4 cm³/mol. The molecule has 7 nitrogen and oxygen atoms in total. The molecule has 1 aromatic rings. The van der Waals surface area contributed by atoms with Gasteiger partial charge in [0.2, 0.25) is 0 Å². The largest absolute Gasteiger partial charge is 0.348 e. The van der Waals surface area contributed by atoms with Crippen LogP contribution >= 0.6 is 0 Å². The van der Waals surface area contributed by atoms with Crippen LogP contribution in [-0.2, 0) is 10.8 Å². The van der Waals surface area contributed by atoms with Gasteiger partial charge in [-0.15, -0.1) is 12.0 Å². The molecule has 1 amide bonds. The number of aromatic nitrogens is 2. The standard InChI is InChI=1S/C9H11N5O2S/c1-4-5-13-9(15)14-6(2)10-8(17(3)16)7(14)11-12-13/h1,11-12H,5H2,2-3H3. The predicted octanol–water partition coefficient (Wildman–Crippen LogP) is -0.323. The van der Waals surface area contributed by atoms with E-state index < -0.39 is 10.8 Å². The molecule has 2 heterocycles. The quantitative estimate of drug-likeness (QED) is 0.706. The number of amides is 1. The van der Waals surface area contributed by atoms with Crippen molar-refractivity contribution in [2.24, 2.45) is 0 Å². The smallest absolute Gasteiger partial charge is 0.286 e. The lowest BCUT2D eigenvalue weighted by Crippen LogP contribution is -2.52. The van der Waals surface area contributed by atoms with E-state index in [4.69, 9.17) is 6.42 Å². The van der Waals surface area contributed by atoms with E-state index in [0.717, 1.165) is 0 Å². The Morgan fingerprint density at radius 1 is 1.59 bits per heavy atom. The fraction of sp³-hybridized carbons (Fsp3) is 0.333. The maximum atomic E-state index is 12.0. The summed E-state index contributed by atoms with van der Waals surface area (Å²) in [7, 11) is -1.27. The molecule has 0 bridgehead atoms. The number of hydrazine groups is 2. The molecule has 0 radical (unpaired) electrons. The molecule has 8 heteroatoms. The molecule has 1 aliphatic rings. The molecule has 17 heavy (non-hydrogen) atoms. The van der Waals surface area contributed by atoms with E-state index in [0.29, 0.717) is 16.7 Å². The van der Waals surface area contributed by atoms with Crippen molar-refractivity contribution in [3.05, 3.63) is 5.82 Å². The Morgan fingerprint density at radius 3 is 2.88 bits per heavy atom. The Balaban J connectivity index is 2.48. The molecule has 2 rings (SSSR count). The third-order valence-corrected chi connectivity index (χ3v) is 3.10. The first kappa shape index (κ1) is 11.6. The van der Waals surface area contributed by atoms with Gasteiger partial charge in [0.1, 0.15) is 12.4 Å². The number of hydrogen-bond donors (Lipinski definition) is 2. The zero-order valence-corrected chi connectivity index (χ0v) is 10.2. The monoisotopic (exact) mass is 253 g/mol. The number of nitrogens with zero attached hydrogens (tertiary/aromatic N) is 3. The van der Waals surface area contributed by atoms with Crippen LogP contribution in [0.2, 0.25) is 0 Å². The van der Waals surface area contributed by atoms with Crippen LogP contribution in [0.1, 0.15) is 5.82 Å². The first-order chi connectivity index (χ1) is 8.06. The highest BCUT2D eigenvalue weighted by Gasteiger charge is 2.29. The average molecular weight is 253 g/mol. The van der Waals surface area contributed by atoms with E-state index in [9.17, 15) is 9.00 Å². The Bertz CT molecular complexity index is 544. The number of aryl methyl sites for hydroxylation is 1. The molecule has 0 fully saturated rings. The lowest BCUT2D eigenvalue weighted by atomic mass is 10.6. The lowest BCUT2D eigenvalue weighted by Gasteiger charge is -2.28. The van der Waals surface area contributed by atoms with Crippen LogP contribution < -0.4 is 11.0 Å². The van der Waals surface area contributed by atoms with Gasteiger partial charge in [-0.05, 0) is 6.92 Å². The van der Waals surface area contributed by atoms with Crippen LogP contribution in [0.4, 0.5) is 10.6 Å². The maximum absolute atomic E-state index is 12.0. The van der Waals surface area contributed by atoms with E-state index in [1.54, 1.807) is 6.92 Å². The summed E-state index contributed by atoms with van der Waals surface area (Å²) in [6.45, 7) is 1.78. The van der Waals surface area contributed by atoms with Gasteiger partial charge in [-0.3, -0.25) is 9.63 Å². The molecular weight excluding hydrogens is 242 g/mol. The third-order valence-electron chi connectivity index (χ3n) is 2.27. The molecule has 0 spiro atoms. The van der Waals surface area contributed by atoms with Crippen LogP contribution in [0, 0.1) is 19.3 Å². The number of carbonyl (C=O) groups excluding carboxylic acids is 1. The molecule has 0 aliphatic carbocycles. The number of nitrogens with one attached hydrogen (secondary N) is 2. The van der Waals surface area contributed by atoms with Crippen LogP contribution in [0.5, 0.6) is 0 Å². The topological polar surface area (TPSA) is 79.3 Å². The van der Waals surface area contributed by atoms with Crippen LogP contribution in [-0.4, -0.2) is 37.6 Å². The van der Waals surface area contributed by atoms with Gasteiger partial charge in [0.15, 0.2) is 10.8 Å². The fourth-order valence-electron chi connectivity index (χ4n) is 1.54. The summed E-state index contributed by atoms with van der Waals surface area (Å²) in [5.41, 5.74) is 5.40. The summed E-state index contributed by atoms with van der Waals surface area (Å²) in [5.74, 6) is 3.21. The van der Waals surface area contributed by atoms with Gasteiger partial charge >= 0.3 is 6.03 Å². The van der Waals surface area contributed by atoms with E-state index >= 15 is 0 Å². The first-order valence-corrected chi connectivity index (χ1v) is 6.31.